The molecular formula is C14H18FNS. The van der Waals surface area contributed by atoms with Gasteiger partial charge in [0.25, 0.3) is 0 Å². The van der Waals surface area contributed by atoms with Crippen LogP contribution in [-0.2, 0) is 0 Å². The van der Waals surface area contributed by atoms with Gasteiger partial charge in [0.2, 0.25) is 0 Å². The van der Waals surface area contributed by atoms with Crippen LogP contribution in [0.1, 0.15) is 32.1 Å². The zero-order valence-electron chi connectivity index (χ0n) is 9.86. The Morgan fingerprint density at radius 3 is 2.47 bits per heavy atom. The van der Waals surface area contributed by atoms with Crippen LogP contribution in [0.2, 0.25) is 0 Å². The molecule has 2 N–H and O–H groups in total. The largest absolute Gasteiger partial charge is 0.399 e. The molecule has 2 rings (SSSR count). The average molecular weight is 251 g/mol. The highest BCUT2D eigenvalue weighted by Gasteiger charge is 2.12. The topological polar surface area (TPSA) is 26.0 Å². The minimum Gasteiger partial charge on any atom is -0.399 e. The van der Waals surface area contributed by atoms with E-state index in [1.165, 1.54) is 31.0 Å². The molecule has 0 saturated heterocycles. The Morgan fingerprint density at radius 2 is 1.82 bits per heavy atom. The molecule has 1 aliphatic carbocycles. The van der Waals surface area contributed by atoms with E-state index < -0.39 is 0 Å². The lowest BCUT2D eigenvalue weighted by atomic mass is 9.89. The van der Waals surface area contributed by atoms with Crippen LogP contribution in [0.4, 0.5) is 10.1 Å². The molecule has 1 nitrogen and oxygen atoms in total. The Morgan fingerprint density at radius 1 is 1.18 bits per heavy atom. The van der Waals surface area contributed by atoms with Crippen LogP contribution in [0.5, 0.6) is 0 Å². The van der Waals surface area contributed by atoms with Crippen LogP contribution in [0.15, 0.2) is 40.4 Å². The van der Waals surface area contributed by atoms with E-state index in [1.54, 1.807) is 18.2 Å². The molecule has 0 aromatic heterocycles. The molecule has 1 fully saturated rings. The summed E-state index contributed by atoms with van der Waals surface area (Å²) in [5.41, 5.74) is 6.30. The van der Waals surface area contributed by atoms with E-state index in [0.29, 0.717) is 11.6 Å². The predicted octanol–water partition coefficient (Wildman–Crippen LogP) is 4.75. The summed E-state index contributed by atoms with van der Waals surface area (Å²) in [5.74, 6) is 0.435. The number of hydrogen-bond donors (Lipinski definition) is 1. The fraction of sp³-hybridized carbons (Fsp3) is 0.429. The summed E-state index contributed by atoms with van der Waals surface area (Å²) in [6.07, 6.45) is 7.84. The van der Waals surface area contributed by atoms with Gasteiger partial charge < -0.3 is 5.73 Å². The second-order valence-electron chi connectivity index (χ2n) is 4.54. The molecule has 0 heterocycles. The first-order chi connectivity index (χ1) is 8.24. The van der Waals surface area contributed by atoms with Crippen LogP contribution in [-0.4, -0.2) is 0 Å². The third-order valence-electron chi connectivity index (χ3n) is 3.11. The summed E-state index contributed by atoms with van der Waals surface area (Å²) in [4.78, 5) is 0.906. The van der Waals surface area contributed by atoms with Crippen LogP contribution >= 0.6 is 11.8 Å². The molecule has 1 aliphatic rings. The van der Waals surface area contributed by atoms with Crippen molar-refractivity contribution < 1.29 is 4.39 Å². The molecule has 0 bridgehead atoms. The normalized spacial score (nSPS) is 18.3. The number of allylic oxidation sites excluding steroid dienone is 1. The number of thioether (sulfide) groups is 1. The van der Waals surface area contributed by atoms with E-state index in [0.717, 1.165) is 17.7 Å². The molecular weight excluding hydrogens is 233 g/mol. The highest BCUT2D eigenvalue weighted by atomic mass is 32.2. The van der Waals surface area contributed by atoms with E-state index in [4.69, 9.17) is 5.73 Å². The maximum Gasteiger partial charge on any atom is 0.157 e. The lowest BCUT2D eigenvalue weighted by Crippen LogP contribution is -2.02. The summed E-state index contributed by atoms with van der Waals surface area (Å²) in [5, 5.41) is -0.0818. The molecule has 1 aromatic rings. The Bertz CT molecular complexity index is 380. The fourth-order valence-electron chi connectivity index (χ4n) is 2.17. The Hall–Kier alpha value is -0.960. The monoisotopic (exact) mass is 251 g/mol. The SMILES string of the molecule is Nc1ccc(S/C(F)=C/C2CCCCC2)cc1. The van der Waals surface area contributed by atoms with E-state index >= 15 is 0 Å². The van der Waals surface area contributed by atoms with Crippen LogP contribution < -0.4 is 5.73 Å². The summed E-state index contributed by atoms with van der Waals surface area (Å²) in [6, 6.07) is 7.31. The van der Waals surface area contributed by atoms with Gasteiger partial charge in [-0.05, 0) is 49.1 Å². The molecule has 92 valence electrons. The molecule has 0 spiro atoms. The van der Waals surface area contributed by atoms with Gasteiger partial charge in [-0.2, -0.15) is 4.39 Å². The first-order valence-corrected chi connectivity index (χ1v) is 6.96. The molecule has 0 radical (unpaired) electrons. The predicted molar refractivity (Wildman–Crippen MR) is 72.5 cm³/mol. The van der Waals surface area contributed by atoms with Crippen molar-refractivity contribution >= 4 is 17.4 Å². The number of anilines is 1. The molecule has 3 heteroatoms. The summed E-state index contributed by atoms with van der Waals surface area (Å²) >= 11 is 1.18. The first kappa shape index (κ1) is 12.5. The lowest BCUT2D eigenvalue weighted by Gasteiger charge is -2.17. The number of nitrogen functional groups attached to an aromatic ring is 1. The third-order valence-corrected chi connectivity index (χ3v) is 3.95. The van der Waals surface area contributed by atoms with Gasteiger partial charge in [-0.25, -0.2) is 0 Å². The number of hydrogen-bond acceptors (Lipinski definition) is 2. The molecule has 0 amide bonds. The summed E-state index contributed by atoms with van der Waals surface area (Å²) in [7, 11) is 0. The maximum atomic E-state index is 13.8. The fourth-order valence-corrected chi connectivity index (χ4v) is 2.93. The van der Waals surface area contributed by atoms with Gasteiger partial charge in [0.1, 0.15) is 0 Å². The van der Waals surface area contributed by atoms with Gasteiger partial charge in [0.05, 0.1) is 0 Å². The third kappa shape index (κ3) is 4.08. The van der Waals surface area contributed by atoms with Crippen molar-refractivity contribution in [1.29, 1.82) is 0 Å². The number of rotatable bonds is 3. The number of benzene rings is 1. The first-order valence-electron chi connectivity index (χ1n) is 6.15. The zero-order chi connectivity index (χ0) is 12.1. The van der Waals surface area contributed by atoms with E-state index in [1.807, 2.05) is 12.1 Å². The zero-order valence-corrected chi connectivity index (χ0v) is 10.7. The van der Waals surface area contributed by atoms with E-state index in [2.05, 4.69) is 0 Å². The van der Waals surface area contributed by atoms with Crippen molar-refractivity contribution in [3.8, 4) is 0 Å². The summed E-state index contributed by atoms with van der Waals surface area (Å²) < 4.78 is 13.8. The molecule has 0 atom stereocenters. The molecule has 0 unspecified atom stereocenters. The van der Waals surface area contributed by atoms with Crippen LogP contribution in [0.25, 0.3) is 0 Å². The van der Waals surface area contributed by atoms with Gasteiger partial charge >= 0.3 is 0 Å². The minimum absolute atomic E-state index is 0.0818. The average Bonchev–Trinajstić information content (AvgIpc) is 2.33. The lowest BCUT2D eigenvalue weighted by molar-refractivity contribution is 0.415. The highest BCUT2D eigenvalue weighted by Crippen LogP contribution is 2.32. The molecule has 1 saturated carbocycles. The van der Waals surface area contributed by atoms with Crippen molar-refractivity contribution in [2.75, 3.05) is 5.73 Å². The summed E-state index contributed by atoms with van der Waals surface area (Å²) in [6.45, 7) is 0. The van der Waals surface area contributed by atoms with Gasteiger partial charge in [0, 0.05) is 10.6 Å². The maximum absolute atomic E-state index is 13.8. The number of nitrogens with two attached hydrogens (primary N) is 1. The second kappa shape index (κ2) is 6.10. The van der Waals surface area contributed by atoms with Crippen molar-refractivity contribution in [2.24, 2.45) is 5.92 Å². The smallest absolute Gasteiger partial charge is 0.157 e. The van der Waals surface area contributed by atoms with Crippen LogP contribution in [0.3, 0.4) is 0 Å². The van der Waals surface area contributed by atoms with Crippen molar-refractivity contribution in [3.05, 3.63) is 35.5 Å². The second-order valence-corrected chi connectivity index (χ2v) is 5.61. The van der Waals surface area contributed by atoms with E-state index in [-0.39, 0.29) is 5.16 Å². The van der Waals surface area contributed by atoms with Gasteiger partial charge in [-0.15, -0.1) is 0 Å². The van der Waals surface area contributed by atoms with Crippen molar-refractivity contribution in [3.63, 3.8) is 0 Å². The molecule has 1 aromatic carbocycles. The van der Waals surface area contributed by atoms with E-state index in [9.17, 15) is 4.39 Å². The minimum atomic E-state index is -0.0818. The van der Waals surface area contributed by atoms with Gasteiger partial charge in [-0.3, -0.25) is 0 Å². The highest BCUT2D eigenvalue weighted by molar-refractivity contribution is 8.02. The quantitative estimate of drug-likeness (QED) is 0.619. The Labute approximate surface area is 106 Å². The molecule has 0 aliphatic heterocycles. The van der Waals surface area contributed by atoms with Gasteiger partial charge in [-0.1, -0.05) is 31.0 Å². The standard InChI is InChI=1S/C14H18FNS/c15-14(10-11-4-2-1-3-5-11)17-13-8-6-12(16)7-9-13/h6-11H,1-5,16H2/b14-10+. The van der Waals surface area contributed by atoms with Crippen molar-refractivity contribution in [2.45, 2.75) is 37.0 Å². The molecule has 17 heavy (non-hydrogen) atoms. The Kier molecular flexibility index (Phi) is 4.49. The Balaban J connectivity index is 1.93. The van der Waals surface area contributed by atoms with Crippen LogP contribution in [0, 0.1) is 5.92 Å². The number of halogens is 1. The van der Waals surface area contributed by atoms with Gasteiger partial charge in [0.15, 0.2) is 5.16 Å². The van der Waals surface area contributed by atoms with Crippen molar-refractivity contribution in [1.82, 2.24) is 0 Å².